The summed E-state index contributed by atoms with van der Waals surface area (Å²) in [6.07, 6.45) is 6.88. The first-order valence-electron chi connectivity index (χ1n) is 8.60. The van der Waals surface area contributed by atoms with Crippen LogP contribution in [-0.2, 0) is 4.74 Å². The van der Waals surface area contributed by atoms with E-state index in [2.05, 4.69) is 57.3 Å². The molecule has 0 aliphatic heterocycles. The van der Waals surface area contributed by atoms with Crippen LogP contribution in [0, 0.1) is 6.92 Å². The Kier molecular flexibility index (Phi) is 9.36. The van der Waals surface area contributed by atoms with Gasteiger partial charge in [0, 0.05) is 6.54 Å². The van der Waals surface area contributed by atoms with Crippen LogP contribution in [0.3, 0.4) is 0 Å². The number of ether oxygens (including phenoxy) is 1. The molecule has 0 aliphatic carbocycles. The highest BCUT2D eigenvalue weighted by molar-refractivity contribution is 5.28. The van der Waals surface area contributed by atoms with Crippen LogP contribution in [0.15, 0.2) is 24.3 Å². The molecule has 1 rings (SSSR count). The summed E-state index contributed by atoms with van der Waals surface area (Å²) in [6, 6.07) is 8.57. The Bertz CT molecular complexity index is 378. The summed E-state index contributed by atoms with van der Waals surface area (Å²) >= 11 is 0. The van der Waals surface area contributed by atoms with Crippen LogP contribution in [-0.4, -0.2) is 19.2 Å². The van der Waals surface area contributed by atoms with Crippen molar-refractivity contribution in [2.45, 2.75) is 72.0 Å². The van der Waals surface area contributed by atoms with Crippen LogP contribution in [0.25, 0.3) is 0 Å². The average Bonchev–Trinajstić information content (AvgIpc) is 2.48. The van der Waals surface area contributed by atoms with Crippen LogP contribution >= 0.6 is 0 Å². The van der Waals surface area contributed by atoms with Crippen molar-refractivity contribution in [3.05, 3.63) is 35.4 Å². The van der Waals surface area contributed by atoms with Crippen molar-refractivity contribution in [1.82, 2.24) is 5.32 Å². The lowest BCUT2D eigenvalue weighted by Gasteiger charge is -2.24. The van der Waals surface area contributed by atoms with Crippen molar-refractivity contribution < 1.29 is 4.74 Å². The molecule has 1 aromatic rings. The molecule has 120 valence electrons. The van der Waals surface area contributed by atoms with Gasteiger partial charge in [0.2, 0.25) is 0 Å². The predicted molar refractivity (Wildman–Crippen MR) is 91.8 cm³/mol. The first-order chi connectivity index (χ1) is 10.2. The fraction of sp³-hybridized carbons (Fsp3) is 0.684. The highest BCUT2D eigenvalue weighted by Crippen LogP contribution is 2.23. The van der Waals surface area contributed by atoms with E-state index >= 15 is 0 Å². The first-order valence-corrected chi connectivity index (χ1v) is 8.60. The van der Waals surface area contributed by atoms with Gasteiger partial charge in [0.25, 0.3) is 0 Å². The molecule has 2 nitrogen and oxygen atoms in total. The monoisotopic (exact) mass is 291 g/mol. The zero-order valence-electron chi connectivity index (χ0n) is 14.3. The molecule has 0 aromatic heterocycles. The van der Waals surface area contributed by atoms with Crippen LogP contribution in [0.5, 0.6) is 0 Å². The van der Waals surface area contributed by atoms with Crippen LogP contribution in [0.1, 0.15) is 70.1 Å². The number of hydrogen-bond acceptors (Lipinski definition) is 2. The largest absolute Gasteiger partial charge is 0.369 e. The molecule has 1 N–H and O–H groups in total. The summed E-state index contributed by atoms with van der Waals surface area (Å²) in [7, 11) is 0. The number of nitrogens with one attached hydrogen (secondary N) is 1. The number of likely N-dealkylation sites (N-methyl/N-ethyl adjacent to an activating group) is 1. The van der Waals surface area contributed by atoms with Gasteiger partial charge in [0.15, 0.2) is 0 Å². The van der Waals surface area contributed by atoms with Gasteiger partial charge < -0.3 is 10.1 Å². The molecule has 0 heterocycles. The van der Waals surface area contributed by atoms with Crippen LogP contribution in [0.2, 0.25) is 0 Å². The molecular formula is C19H33NO. The molecule has 0 radical (unpaired) electrons. The fourth-order valence-electron chi connectivity index (χ4n) is 2.66. The van der Waals surface area contributed by atoms with E-state index in [1.165, 1.54) is 36.8 Å². The zero-order chi connectivity index (χ0) is 15.5. The SMILES string of the molecule is CCCCCCC(C)OC(CNCC)c1ccccc1C. The lowest BCUT2D eigenvalue weighted by Crippen LogP contribution is -2.26. The molecule has 2 heteroatoms. The Morgan fingerprint density at radius 1 is 1.10 bits per heavy atom. The lowest BCUT2D eigenvalue weighted by molar-refractivity contribution is -0.00814. The maximum atomic E-state index is 6.34. The molecule has 0 bridgehead atoms. The van der Waals surface area contributed by atoms with Crippen molar-refractivity contribution >= 4 is 0 Å². The predicted octanol–water partition coefficient (Wildman–Crippen LogP) is 5.02. The highest BCUT2D eigenvalue weighted by Gasteiger charge is 2.16. The van der Waals surface area contributed by atoms with Gasteiger partial charge in [-0.3, -0.25) is 0 Å². The van der Waals surface area contributed by atoms with E-state index in [4.69, 9.17) is 4.74 Å². The van der Waals surface area contributed by atoms with Gasteiger partial charge in [-0.2, -0.15) is 0 Å². The summed E-state index contributed by atoms with van der Waals surface area (Å²) in [5.74, 6) is 0. The summed E-state index contributed by atoms with van der Waals surface area (Å²) in [6.45, 7) is 10.7. The van der Waals surface area contributed by atoms with Crippen molar-refractivity contribution in [2.24, 2.45) is 0 Å². The summed E-state index contributed by atoms with van der Waals surface area (Å²) in [4.78, 5) is 0. The van der Waals surface area contributed by atoms with E-state index in [1.54, 1.807) is 0 Å². The molecule has 0 saturated carbocycles. The third kappa shape index (κ3) is 7.10. The van der Waals surface area contributed by atoms with E-state index < -0.39 is 0 Å². The van der Waals surface area contributed by atoms with E-state index in [0.29, 0.717) is 6.10 Å². The smallest absolute Gasteiger partial charge is 0.0955 e. The molecule has 0 amide bonds. The minimum Gasteiger partial charge on any atom is -0.369 e. The standard InChI is InChI=1S/C19H33NO/c1-5-7-8-9-13-17(4)21-19(15-20-6-2)18-14-11-10-12-16(18)3/h10-12,14,17,19-20H,5-9,13,15H2,1-4H3. The van der Waals surface area contributed by atoms with Gasteiger partial charge in [-0.25, -0.2) is 0 Å². The summed E-state index contributed by atoms with van der Waals surface area (Å²) in [5.41, 5.74) is 2.64. The van der Waals surface area contributed by atoms with Gasteiger partial charge in [0.05, 0.1) is 12.2 Å². The number of hydrogen-bond donors (Lipinski definition) is 1. The maximum Gasteiger partial charge on any atom is 0.0955 e. The minimum atomic E-state index is 0.160. The molecule has 2 atom stereocenters. The van der Waals surface area contributed by atoms with Crippen molar-refractivity contribution in [1.29, 1.82) is 0 Å². The summed E-state index contributed by atoms with van der Waals surface area (Å²) in [5, 5.41) is 3.43. The Balaban J connectivity index is 2.55. The van der Waals surface area contributed by atoms with Gasteiger partial charge in [-0.1, -0.05) is 63.8 Å². The molecule has 0 fully saturated rings. The topological polar surface area (TPSA) is 21.3 Å². The Morgan fingerprint density at radius 3 is 2.52 bits per heavy atom. The number of benzene rings is 1. The molecule has 0 saturated heterocycles. The van der Waals surface area contributed by atoms with Crippen molar-refractivity contribution in [3.63, 3.8) is 0 Å². The molecule has 21 heavy (non-hydrogen) atoms. The minimum absolute atomic E-state index is 0.160. The van der Waals surface area contributed by atoms with E-state index in [0.717, 1.165) is 19.5 Å². The van der Waals surface area contributed by atoms with Gasteiger partial charge in [0.1, 0.15) is 0 Å². The molecular weight excluding hydrogens is 258 g/mol. The Labute approximate surface area is 131 Å². The molecule has 0 aliphatic rings. The third-order valence-corrected chi connectivity index (χ3v) is 3.98. The second-order valence-electron chi connectivity index (χ2n) is 5.95. The average molecular weight is 291 g/mol. The molecule has 1 aromatic carbocycles. The second-order valence-corrected chi connectivity index (χ2v) is 5.95. The van der Waals surface area contributed by atoms with E-state index in [-0.39, 0.29) is 6.10 Å². The van der Waals surface area contributed by atoms with Crippen molar-refractivity contribution in [2.75, 3.05) is 13.1 Å². The Hall–Kier alpha value is -0.860. The van der Waals surface area contributed by atoms with Gasteiger partial charge in [-0.15, -0.1) is 0 Å². The van der Waals surface area contributed by atoms with Crippen LogP contribution in [0.4, 0.5) is 0 Å². The number of unbranched alkanes of at least 4 members (excludes halogenated alkanes) is 3. The highest BCUT2D eigenvalue weighted by atomic mass is 16.5. The maximum absolute atomic E-state index is 6.34. The lowest BCUT2D eigenvalue weighted by atomic mass is 10.0. The Morgan fingerprint density at radius 2 is 1.86 bits per heavy atom. The van der Waals surface area contributed by atoms with Crippen LogP contribution < -0.4 is 5.32 Å². The third-order valence-electron chi connectivity index (χ3n) is 3.98. The normalized spacial score (nSPS) is 14.1. The quantitative estimate of drug-likeness (QED) is 0.578. The number of rotatable bonds is 11. The summed E-state index contributed by atoms with van der Waals surface area (Å²) < 4.78 is 6.34. The first kappa shape index (κ1) is 18.2. The zero-order valence-corrected chi connectivity index (χ0v) is 14.3. The number of aryl methyl sites for hydroxylation is 1. The molecule has 0 spiro atoms. The van der Waals surface area contributed by atoms with Gasteiger partial charge in [-0.05, 0) is 37.9 Å². The van der Waals surface area contributed by atoms with Crippen molar-refractivity contribution in [3.8, 4) is 0 Å². The van der Waals surface area contributed by atoms with E-state index in [9.17, 15) is 0 Å². The van der Waals surface area contributed by atoms with E-state index in [1.807, 2.05) is 0 Å². The molecule has 2 unspecified atom stereocenters. The van der Waals surface area contributed by atoms with Gasteiger partial charge >= 0.3 is 0 Å². The second kappa shape index (κ2) is 10.8. The fourth-order valence-corrected chi connectivity index (χ4v) is 2.66.